The fourth-order valence-corrected chi connectivity index (χ4v) is 5.08. The van der Waals surface area contributed by atoms with Crippen LogP contribution in [0.15, 0.2) is 36.4 Å². The van der Waals surface area contributed by atoms with Crippen molar-refractivity contribution in [1.29, 1.82) is 0 Å². The van der Waals surface area contributed by atoms with E-state index < -0.39 is 5.97 Å². The maximum absolute atomic E-state index is 12.0. The molecule has 1 unspecified atom stereocenters. The van der Waals surface area contributed by atoms with Gasteiger partial charge >= 0.3 is 5.97 Å². The number of carbonyl (C=O) groups is 2. The number of para-hydroxylation sites is 1. The Balaban J connectivity index is 1.59. The molecule has 5 rings (SSSR count). The zero-order valence-electron chi connectivity index (χ0n) is 17.2. The average molecular weight is 439 g/mol. The van der Waals surface area contributed by atoms with Crippen LogP contribution in [-0.2, 0) is 11.3 Å². The van der Waals surface area contributed by atoms with Crippen molar-refractivity contribution >= 4 is 34.5 Å². The molecule has 0 bridgehead atoms. The summed E-state index contributed by atoms with van der Waals surface area (Å²) in [6.45, 7) is 4.81. The second-order valence-corrected chi connectivity index (χ2v) is 8.72. The molecule has 7 nitrogen and oxygen atoms in total. The molecule has 1 N–H and O–H groups in total. The van der Waals surface area contributed by atoms with E-state index in [0.717, 1.165) is 48.6 Å². The average Bonchev–Trinajstić information content (AvgIpc) is 3.28. The van der Waals surface area contributed by atoms with Gasteiger partial charge in [-0.15, -0.1) is 0 Å². The Morgan fingerprint density at radius 3 is 2.87 bits per heavy atom. The molecule has 2 aliphatic heterocycles. The summed E-state index contributed by atoms with van der Waals surface area (Å²) in [4.78, 5) is 32.9. The number of aromatic carboxylic acids is 1. The Morgan fingerprint density at radius 2 is 2.10 bits per heavy atom. The number of rotatable bonds is 4. The van der Waals surface area contributed by atoms with Gasteiger partial charge in [-0.3, -0.25) is 14.3 Å². The molecule has 0 aliphatic carbocycles. The lowest BCUT2D eigenvalue weighted by Gasteiger charge is -2.37. The van der Waals surface area contributed by atoms with Crippen molar-refractivity contribution in [3.63, 3.8) is 0 Å². The number of carboxylic acids is 1. The van der Waals surface area contributed by atoms with Crippen LogP contribution in [0.2, 0.25) is 5.02 Å². The summed E-state index contributed by atoms with van der Waals surface area (Å²) in [6, 6.07) is 11.3. The first-order chi connectivity index (χ1) is 14.9. The molecule has 0 spiro atoms. The molecule has 2 saturated heterocycles. The number of carboxylic acid groups (broad SMARTS) is 1. The van der Waals surface area contributed by atoms with Crippen LogP contribution >= 0.6 is 11.6 Å². The minimum absolute atomic E-state index is 0.173. The summed E-state index contributed by atoms with van der Waals surface area (Å²) < 4.78 is 1.97. The minimum Gasteiger partial charge on any atom is -0.478 e. The molecular weight excluding hydrogens is 416 g/mol. The molecule has 1 aromatic heterocycles. The summed E-state index contributed by atoms with van der Waals surface area (Å²) in [6.07, 6.45) is 1.51. The smallest absolute Gasteiger partial charge is 0.337 e. The van der Waals surface area contributed by atoms with Gasteiger partial charge in [0.1, 0.15) is 11.3 Å². The van der Waals surface area contributed by atoms with Gasteiger partial charge < -0.3 is 10.0 Å². The molecule has 8 heteroatoms. The van der Waals surface area contributed by atoms with Crippen LogP contribution in [0, 0.1) is 6.92 Å². The van der Waals surface area contributed by atoms with Crippen LogP contribution in [-0.4, -0.2) is 62.0 Å². The summed E-state index contributed by atoms with van der Waals surface area (Å²) in [5.74, 6) is -0.0171. The monoisotopic (exact) mass is 438 g/mol. The van der Waals surface area contributed by atoms with E-state index in [9.17, 15) is 14.7 Å². The van der Waals surface area contributed by atoms with Crippen LogP contribution in [0.3, 0.4) is 0 Å². The lowest BCUT2D eigenvalue weighted by Crippen LogP contribution is -2.51. The summed E-state index contributed by atoms with van der Waals surface area (Å²) >= 11 is 6.60. The van der Waals surface area contributed by atoms with Gasteiger partial charge in [-0.05, 0) is 43.2 Å². The number of fused-ring (bicyclic) bond motifs is 2. The number of aryl methyl sites for hydroxylation is 1. The van der Waals surface area contributed by atoms with Gasteiger partial charge in [0.2, 0.25) is 5.91 Å². The lowest BCUT2D eigenvalue weighted by atomic mass is 10.1. The van der Waals surface area contributed by atoms with Crippen molar-refractivity contribution in [3.05, 3.63) is 58.4 Å². The van der Waals surface area contributed by atoms with Crippen LogP contribution < -0.4 is 0 Å². The first kappa shape index (κ1) is 20.0. The van der Waals surface area contributed by atoms with Gasteiger partial charge in [0.25, 0.3) is 0 Å². The number of piperazine rings is 1. The van der Waals surface area contributed by atoms with Gasteiger partial charge in [-0.25, -0.2) is 9.78 Å². The fraction of sp³-hybridized carbons (Fsp3) is 0.348. The molecule has 2 fully saturated rings. The number of nitrogens with zero attached hydrogens (tertiary/aromatic N) is 4. The zero-order chi connectivity index (χ0) is 21.7. The SMILES string of the molecule is Cc1ccc(-n2c(CN3CCN4C(=O)CCC4C3)nc3c(C(=O)O)cccc32)c(Cl)c1. The number of hydrogen-bond donors (Lipinski definition) is 1. The molecule has 0 radical (unpaired) electrons. The topological polar surface area (TPSA) is 78.7 Å². The summed E-state index contributed by atoms with van der Waals surface area (Å²) in [5.41, 5.74) is 3.17. The fourth-order valence-electron chi connectivity index (χ4n) is 4.76. The molecule has 2 aromatic carbocycles. The molecule has 2 aliphatic rings. The zero-order valence-corrected chi connectivity index (χ0v) is 18.0. The number of benzene rings is 2. The maximum Gasteiger partial charge on any atom is 0.337 e. The van der Waals surface area contributed by atoms with Crippen molar-refractivity contribution in [2.24, 2.45) is 0 Å². The Labute approximate surface area is 184 Å². The lowest BCUT2D eigenvalue weighted by molar-refractivity contribution is -0.130. The van der Waals surface area contributed by atoms with Crippen molar-refractivity contribution in [2.75, 3.05) is 19.6 Å². The van der Waals surface area contributed by atoms with Gasteiger partial charge in [0, 0.05) is 32.1 Å². The number of amides is 1. The third-order valence-corrected chi connectivity index (χ3v) is 6.58. The van der Waals surface area contributed by atoms with Crippen molar-refractivity contribution < 1.29 is 14.7 Å². The molecular formula is C23H23ClN4O3. The van der Waals surface area contributed by atoms with Crippen LogP contribution in [0.5, 0.6) is 0 Å². The van der Waals surface area contributed by atoms with Gasteiger partial charge in [-0.2, -0.15) is 0 Å². The highest BCUT2D eigenvalue weighted by Crippen LogP contribution is 2.31. The Kier molecular flexibility index (Phi) is 4.95. The number of halogens is 1. The number of aromatic nitrogens is 2. The molecule has 31 heavy (non-hydrogen) atoms. The normalized spacial score (nSPS) is 19.2. The first-order valence-electron chi connectivity index (χ1n) is 10.4. The van der Waals surface area contributed by atoms with E-state index in [0.29, 0.717) is 23.5 Å². The maximum atomic E-state index is 12.0. The predicted octanol–water partition coefficient (Wildman–Crippen LogP) is 3.49. The minimum atomic E-state index is -1.00. The first-order valence-corrected chi connectivity index (χ1v) is 10.8. The van der Waals surface area contributed by atoms with E-state index in [1.54, 1.807) is 12.1 Å². The summed E-state index contributed by atoms with van der Waals surface area (Å²) in [5, 5.41) is 10.3. The van der Waals surface area contributed by atoms with E-state index in [4.69, 9.17) is 16.6 Å². The Hall–Kier alpha value is -2.90. The van der Waals surface area contributed by atoms with E-state index in [1.807, 2.05) is 40.7 Å². The molecule has 3 heterocycles. The number of carbonyl (C=O) groups excluding carboxylic acids is 1. The second kappa shape index (κ2) is 7.66. The third kappa shape index (κ3) is 3.47. The second-order valence-electron chi connectivity index (χ2n) is 8.31. The third-order valence-electron chi connectivity index (χ3n) is 6.27. The molecule has 160 valence electrons. The molecule has 3 aromatic rings. The van der Waals surface area contributed by atoms with Gasteiger partial charge in [0.15, 0.2) is 0 Å². The standard InChI is InChI=1S/C23H23ClN4O3/c1-14-5-7-18(17(24)11-14)28-19-4-2-3-16(23(30)31)22(19)25-20(28)13-26-9-10-27-15(12-26)6-8-21(27)29/h2-5,7,11,15H,6,8-10,12-13H2,1H3,(H,30,31). The van der Waals surface area contributed by atoms with E-state index in [-0.39, 0.29) is 17.5 Å². The predicted molar refractivity (Wildman–Crippen MR) is 118 cm³/mol. The van der Waals surface area contributed by atoms with Crippen LogP contribution in [0.25, 0.3) is 16.7 Å². The molecule has 0 saturated carbocycles. The number of hydrogen-bond acceptors (Lipinski definition) is 4. The van der Waals surface area contributed by atoms with Crippen molar-refractivity contribution in [3.8, 4) is 5.69 Å². The van der Waals surface area contributed by atoms with E-state index >= 15 is 0 Å². The van der Waals surface area contributed by atoms with Crippen LogP contribution in [0.1, 0.15) is 34.6 Å². The van der Waals surface area contributed by atoms with Crippen LogP contribution in [0.4, 0.5) is 0 Å². The van der Waals surface area contributed by atoms with Crippen molar-refractivity contribution in [1.82, 2.24) is 19.4 Å². The van der Waals surface area contributed by atoms with E-state index in [1.165, 1.54) is 0 Å². The largest absolute Gasteiger partial charge is 0.478 e. The highest BCUT2D eigenvalue weighted by Gasteiger charge is 2.36. The molecule has 1 atom stereocenters. The van der Waals surface area contributed by atoms with Gasteiger partial charge in [0.05, 0.1) is 28.3 Å². The Morgan fingerprint density at radius 1 is 1.26 bits per heavy atom. The van der Waals surface area contributed by atoms with Gasteiger partial charge in [-0.1, -0.05) is 23.7 Å². The summed E-state index contributed by atoms with van der Waals surface area (Å²) in [7, 11) is 0. The number of imidazole rings is 1. The van der Waals surface area contributed by atoms with E-state index in [2.05, 4.69) is 4.90 Å². The Bertz CT molecular complexity index is 1200. The van der Waals surface area contributed by atoms with Crippen molar-refractivity contribution in [2.45, 2.75) is 32.4 Å². The molecule has 1 amide bonds. The highest BCUT2D eigenvalue weighted by molar-refractivity contribution is 6.32. The quantitative estimate of drug-likeness (QED) is 0.674. The highest BCUT2D eigenvalue weighted by atomic mass is 35.5.